The number of benzene rings is 1. The predicted octanol–water partition coefficient (Wildman–Crippen LogP) is 5.75. The third-order valence-electron chi connectivity index (χ3n) is 4.69. The summed E-state index contributed by atoms with van der Waals surface area (Å²) in [7, 11) is 0. The molecule has 1 aromatic heterocycles. The molecule has 0 aliphatic heterocycles. The maximum atomic E-state index is 12.6. The van der Waals surface area contributed by atoms with E-state index in [9.17, 15) is 9.59 Å². The number of hydrogen-bond donors (Lipinski definition) is 1. The van der Waals surface area contributed by atoms with E-state index in [0.717, 1.165) is 36.8 Å². The van der Waals surface area contributed by atoms with Gasteiger partial charge in [0.15, 0.2) is 0 Å². The molecule has 0 spiro atoms. The molecule has 1 amide bonds. The number of carbonyl (C=O) groups is 2. The van der Waals surface area contributed by atoms with Crippen LogP contribution in [0.5, 0.6) is 0 Å². The Balaban J connectivity index is 1.80. The summed E-state index contributed by atoms with van der Waals surface area (Å²) in [6, 6.07) is 7.22. The lowest BCUT2D eigenvalue weighted by molar-refractivity contribution is -0.111. The van der Waals surface area contributed by atoms with E-state index in [4.69, 9.17) is 16.3 Å². The van der Waals surface area contributed by atoms with Gasteiger partial charge in [0, 0.05) is 16.0 Å². The molecule has 0 fully saturated rings. The Morgan fingerprint density at radius 2 is 2.07 bits per heavy atom. The van der Waals surface area contributed by atoms with Gasteiger partial charge in [-0.15, -0.1) is 11.3 Å². The van der Waals surface area contributed by atoms with E-state index < -0.39 is 0 Å². The highest BCUT2D eigenvalue weighted by Gasteiger charge is 2.28. The van der Waals surface area contributed by atoms with Crippen LogP contribution in [0.1, 0.15) is 53.1 Å². The number of rotatable bonds is 6. The minimum Gasteiger partial charge on any atom is -0.462 e. The van der Waals surface area contributed by atoms with Crippen molar-refractivity contribution in [3.8, 4) is 0 Å². The molecule has 2 aromatic rings. The highest BCUT2D eigenvalue weighted by atomic mass is 35.5. The molecule has 1 aliphatic rings. The second-order valence-electron chi connectivity index (χ2n) is 7.07. The van der Waals surface area contributed by atoms with Crippen LogP contribution < -0.4 is 5.32 Å². The minimum atomic E-state index is -0.342. The monoisotopic (exact) mass is 417 g/mol. The molecule has 0 saturated carbocycles. The van der Waals surface area contributed by atoms with Crippen LogP contribution in [0.4, 0.5) is 5.00 Å². The molecule has 1 atom stereocenters. The molecule has 6 heteroatoms. The lowest BCUT2D eigenvalue weighted by Crippen LogP contribution is -2.16. The van der Waals surface area contributed by atoms with Gasteiger partial charge in [0.1, 0.15) is 5.00 Å². The zero-order valence-electron chi connectivity index (χ0n) is 16.1. The van der Waals surface area contributed by atoms with E-state index in [0.29, 0.717) is 28.1 Å². The molecule has 3 rings (SSSR count). The molecule has 1 unspecified atom stereocenters. The fourth-order valence-corrected chi connectivity index (χ4v) is 4.75. The van der Waals surface area contributed by atoms with Crippen LogP contribution >= 0.6 is 22.9 Å². The molecule has 148 valence electrons. The van der Waals surface area contributed by atoms with E-state index in [1.807, 2.05) is 19.1 Å². The molecule has 0 radical (unpaired) electrons. The summed E-state index contributed by atoms with van der Waals surface area (Å²) in [6.07, 6.45) is 6.77. The summed E-state index contributed by atoms with van der Waals surface area (Å²) >= 11 is 7.37. The van der Waals surface area contributed by atoms with Crippen LogP contribution in [0.25, 0.3) is 6.08 Å². The highest BCUT2D eigenvalue weighted by Crippen LogP contribution is 2.40. The number of esters is 1. The first-order chi connectivity index (χ1) is 13.5. The molecule has 4 nitrogen and oxygen atoms in total. The second-order valence-corrected chi connectivity index (χ2v) is 8.61. The largest absolute Gasteiger partial charge is 0.462 e. The average molecular weight is 418 g/mol. The summed E-state index contributed by atoms with van der Waals surface area (Å²) in [6.45, 7) is 4.55. The van der Waals surface area contributed by atoms with Crippen molar-refractivity contribution in [2.45, 2.75) is 39.5 Å². The molecule has 0 bridgehead atoms. The Morgan fingerprint density at radius 3 is 2.79 bits per heavy atom. The Morgan fingerprint density at radius 1 is 1.32 bits per heavy atom. The first kappa shape index (κ1) is 20.6. The van der Waals surface area contributed by atoms with E-state index >= 15 is 0 Å². The number of anilines is 1. The third-order valence-corrected chi connectivity index (χ3v) is 6.11. The van der Waals surface area contributed by atoms with Crippen LogP contribution in [0.2, 0.25) is 5.02 Å². The zero-order valence-corrected chi connectivity index (χ0v) is 17.7. The van der Waals surface area contributed by atoms with Crippen LogP contribution in [-0.2, 0) is 22.4 Å². The van der Waals surface area contributed by atoms with Gasteiger partial charge < -0.3 is 10.1 Å². The number of thiophene rings is 1. The summed E-state index contributed by atoms with van der Waals surface area (Å²) in [5, 5.41) is 4.12. The summed E-state index contributed by atoms with van der Waals surface area (Å²) in [4.78, 5) is 26.3. The fraction of sp³-hybridized carbons (Fsp3) is 0.364. The Hall–Kier alpha value is -2.11. The lowest BCUT2D eigenvalue weighted by Gasteiger charge is -2.18. The van der Waals surface area contributed by atoms with Crippen molar-refractivity contribution >= 4 is 45.9 Å². The van der Waals surface area contributed by atoms with E-state index in [-0.39, 0.29) is 11.9 Å². The maximum absolute atomic E-state index is 12.6. The first-order valence-corrected chi connectivity index (χ1v) is 10.7. The number of fused-ring (bicyclic) bond motifs is 1. The van der Waals surface area contributed by atoms with Gasteiger partial charge in [-0.2, -0.15) is 0 Å². The van der Waals surface area contributed by atoms with Crippen LogP contribution in [0.15, 0.2) is 30.3 Å². The maximum Gasteiger partial charge on any atom is 0.341 e. The summed E-state index contributed by atoms with van der Waals surface area (Å²) in [5.41, 5.74) is 2.45. The molecule has 1 heterocycles. The SMILES string of the molecule is CCCOC(=O)c1c(NC(=O)C=Cc2ccc(Cl)cc2)sc2c1CCC(C)C2. The van der Waals surface area contributed by atoms with Crippen molar-refractivity contribution in [2.75, 3.05) is 11.9 Å². The molecular formula is C22H24ClNO3S. The number of carbonyl (C=O) groups excluding carboxylic acids is 2. The van der Waals surface area contributed by atoms with Gasteiger partial charge in [-0.1, -0.05) is 37.6 Å². The standard InChI is InChI=1S/C22H24ClNO3S/c1-3-12-27-22(26)20-17-10-4-14(2)13-18(17)28-21(20)24-19(25)11-7-15-5-8-16(23)9-6-15/h5-9,11,14H,3-4,10,12-13H2,1-2H3,(H,24,25). The molecular weight excluding hydrogens is 394 g/mol. The van der Waals surface area contributed by atoms with Gasteiger partial charge in [0.2, 0.25) is 5.91 Å². The smallest absolute Gasteiger partial charge is 0.341 e. The molecule has 1 N–H and O–H groups in total. The van der Waals surface area contributed by atoms with Crippen molar-refractivity contribution in [1.82, 2.24) is 0 Å². The van der Waals surface area contributed by atoms with Crippen LogP contribution in [0, 0.1) is 5.92 Å². The van der Waals surface area contributed by atoms with E-state index in [1.165, 1.54) is 22.3 Å². The Bertz CT molecular complexity index is 886. The third kappa shape index (κ3) is 5.03. The van der Waals surface area contributed by atoms with E-state index in [2.05, 4.69) is 12.2 Å². The van der Waals surface area contributed by atoms with Gasteiger partial charge in [-0.3, -0.25) is 4.79 Å². The summed E-state index contributed by atoms with van der Waals surface area (Å²) < 4.78 is 5.38. The van der Waals surface area contributed by atoms with Crippen molar-refractivity contribution in [3.05, 3.63) is 56.9 Å². The molecule has 1 aromatic carbocycles. The van der Waals surface area contributed by atoms with Gasteiger partial charge in [0.25, 0.3) is 0 Å². The topological polar surface area (TPSA) is 55.4 Å². The number of nitrogens with one attached hydrogen (secondary N) is 1. The minimum absolute atomic E-state index is 0.272. The van der Waals surface area contributed by atoms with Crippen molar-refractivity contribution in [2.24, 2.45) is 5.92 Å². The normalized spacial score (nSPS) is 16.0. The Kier molecular flexibility index (Phi) is 6.92. The number of halogens is 1. The average Bonchev–Trinajstić information content (AvgIpc) is 3.02. The predicted molar refractivity (Wildman–Crippen MR) is 115 cm³/mol. The number of ether oxygens (including phenoxy) is 1. The fourth-order valence-electron chi connectivity index (χ4n) is 3.22. The quantitative estimate of drug-likeness (QED) is 0.481. The van der Waals surface area contributed by atoms with Gasteiger partial charge >= 0.3 is 5.97 Å². The van der Waals surface area contributed by atoms with Gasteiger partial charge in [-0.05, 0) is 60.9 Å². The van der Waals surface area contributed by atoms with Gasteiger partial charge in [0.05, 0.1) is 12.2 Å². The lowest BCUT2D eigenvalue weighted by atomic mass is 9.88. The number of amides is 1. The second kappa shape index (κ2) is 9.39. The van der Waals surface area contributed by atoms with E-state index in [1.54, 1.807) is 18.2 Å². The summed E-state index contributed by atoms with van der Waals surface area (Å²) in [5.74, 6) is -0.0314. The Labute approximate surface area is 174 Å². The molecule has 28 heavy (non-hydrogen) atoms. The number of hydrogen-bond acceptors (Lipinski definition) is 4. The first-order valence-electron chi connectivity index (χ1n) is 9.54. The van der Waals surface area contributed by atoms with Crippen molar-refractivity contribution < 1.29 is 14.3 Å². The molecule has 1 aliphatic carbocycles. The van der Waals surface area contributed by atoms with Gasteiger partial charge in [-0.25, -0.2) is 4.79 Å². The van der Waals surface area contributed by atoms with Crippen LogP contribution in [-0.4, -0.2) is 18.5 Å². The highest BCUT2D eigenvalue weighted by molar-refractivity contribution is 7.17. The molecule has 0 saturated heterocycles. The van der Waals surface area contributed by atoms with Crippen molar-refractivity contribution in [3.63, 3.8) is 0 Å². The zero-order chi connectivity index (χ0) is 20.1. The van der Waals surface area contributed by atoms with Crippen LogP contribution in [0.3, 0.4) is 0 Å². The van der Waals surface area contributed by atoms with Crippen molar-refractivity contribution in [1.29, 1.82) is 0 Å².